The minimum atomic E-state index is -0.431. The standard InChI is InChI=1S/C10H12N4O3.C8H11N3O3S/c15-3-6-1-2-7(17-6)14-5-13-8-9(14)11-4-12-10(8)16;9-5-1-2-11(8(13)10-5)6-4-15-7(3-12)14-6/h4-7,15H,1-3H2,(H,11,12,16);1-2,6-7,12H,3-4H2,(H2,9,10,13)/t2*6-,7+/m00/s1. The van der Waals surface area contributed by atoms with Gasteiger partial charge >= 0.3 is 5.69 Å². The second kappa shape index (κ2) is 9.79. The highest BCUT2D eigenvalue weighted by Gasteiger charge is 2.28. The molecule has 14 heteroatoms. The summed E-state index contributed by atoms with van der Waals surface area (Å²) >= 11 is 1.47. The van der Waals surface area contributed by atoms with E-state index in [9.17, 15) is 9.59 Å². The van der Waals surface area contributed by atoms with Crippen molar-refractivity contribution < 1.29 is 19.7 Å². The van der Waals surface area contributed by atoms with Gasteiger partial charge in [0.15, 0.2) is 11.2 Å². The van der Waals surface area contributed by atoms with Gasteiger partial charge in [0.1, 0.15) is 23.7 Å². The van der Waals surface area contributed by atoms with Gasteiger partial charge in [-0.05, 0) is 18.9 Å². The van der Waals surface area contributed by atoms with E-state index in [0.717, 1.165) is 12.8 Å². The molecule has 0 spiro atoms. The summed E-state index contributed by atoms with van der Waals surface area (Å²) in [5.74, 6) is 0.817. The molecule has 2 saturated heterocycles. The van der Waals surface area contributed by atoms with Crippen LogP contribution >= 0.6 is 11.8 Å². The summed E-state index contributed by atoms with van der Waals surface area (Å²) in [6, 6.07) is 1.54. The summed E-state index contributed by atoms with van der Waals surface area (Å²) in [4.78, 5) is 37.1. The van der Waals surface area contributed by atoms with Crippen molar-refractivity contribution in [1.82, 2.24) is 29.1 Å². The van der Waals surface area contributed by atoms with Crippen molar-refractivity contribution in [3.8, 4) is 0 Å². The quantitative estimate of drug-likeness (QED) is 0.378. The normalized spacial score (nSPS) is 25.1. The second-order valence-electron chi connectivity index (χ2n) is 7.11. The van der Waals surface area contributed by atoms with Crippen LogP contribution in [0.4, 0.5) is 5.82 Å². The van der Waals surface area contributed by atoms with Crippen LogP contribution in [0.25, 0.3) is 11.2 Å². The Hall–Kier alpha value is -2.78. The van der Waals surface area contributed by atoms with Crippen LogP contribution in [0.3, 0.4) is 0 Å². The Morgan fingerprint density at radius 1 is 1.16 bits per heavy atom. The first kappa shape index (κ1) is 22.4. The molecule has 2 fully saturated rings. The summed E-state index contributed by atoms with van der Waals surface area (Å²) in [5.41, 5.74) is 5.23. The number of aromatic nitrogens is 6. The molecule has 0 aliphatic carbocycles. The molecule has 13 nitrogen and oxygen atoms in total. The molecule has 3 aromatic rings. The molecule has 2 aliphatic rings. The number of aliphatic hydroxyl groups excluding tert-OH is 2. The first-order valence-electron chi connectivity index (χ1n) is 9.89. The second-order valence-corrected chi connectivity index (χ2v) is 8.30. The lowest BCUT2D eigenvalue weighted by molar-refractivity contribution is -0.0207. The van der Waals surface area contributed by atoms with E-state index >= 15 is 0 Å². The van der Waals surface area contributed by atoms with Crippen LogP contribution in [-0.4, -0.2) is 69.8 Å². The number of fused-ring (bicyclic) bond motifs is 1. The average Bonchev–Trinajstić information content (AvgIpc) is 3.53. The lowest BCUT2D eigenvalue weighted by Gasteiger charge is -2.13. The highest BCUT2D eigenvalue weighted by molar-refractivity contribution is 8.00. The third kappa shape index (κ3) is 4.68. The largest absolute Gasteiger partial charge is 0.394 e. The first-order chi connectivity index (χ1) is 15.5. The van der Waals surface area contributed by atoms with Crippen LogP contribution < -0.4 is 17.0 Å². The Morgan fingerprint density at radius 2 is 2.00 bits per heavy atom. The highest BCUT2D eigenvalue weighted by atomic mass is 32.2. The van der Waals surface area contributed by atoms with Crippen molar-refractivity contribution in [1.29, 1.82) is 0 Å². The van der Waals surface area contributed by atoms with Crippen molar-refractivity contribution in [2.45, 2.75) is 36.8 Å². The van der Waals surface area contributed by atoms with E-state index in [1.165, 1.54) is 22.7 Å². The topological polar surface area (TPSA) is 183 Å². The molecule has 0 radical (unpaired) electrons. The minimum Gasteiger partial charge on any atom is -0.394 e. The van der Waals surface area contributed by atoms with E-state index in [2.05, 4.69) is 19.9 Å². The molecule has 5 rings (SSSR count). The number of nitrogen functional groups attached to an aromatic ring is 1. The van der Waals surface area contributed by atoms with Gasteiger partial charge < -0.3 is 30.4 Å². The number of nitrogens with zero attached hydrogens (tertiary/aromatic N) is 5. The van der Waals surface area contributed by atoms with Gasteiger partial charge in [-0.2, -0.15) is 4.98 Å². The summed E-state index contributed by atoms with van der Waals surface area (Å²) in [7, 11) is 0. The molecule has 0 bridgehead atoms. The smallest absolute Gasteiger partial charge is 0.351 e. The number of nitrogens with two attached hydrogens (primary N) is 1. The molecular formula is C18H23N7O6S. The van der Waals surface area contributed by atoms with E-state index < -0.39 is 5.69 Å². The van der Waals surface area contributed by atoms with Crippen LogP contribution in [0.5, 0.6) is 0 Å². The van der Waals surface area contributed by atoms with E-state index in [1.54, 1.807) is 23.2 Å². The lowest BCUT2D eigenvalue weighted by atomic mass is 10.2. The zero-order chi connectivity index (χ0) is 22.7. The van der Waals surface area contributed by atoms with Gasteiger partial charge in [-0.3, -0.25) is 13.9 Å². The fourth-order valence-electron chi connectivity index (χ4n) is 3.43. The Kier molecular flexibility index (Phi) is 6.86. The molecule has 5 heterocycles. The van der Waals surface area contributed by atoms with Crippen molar-refractivity contribution in [2.24, 2.45) is 0 Å². The molecule has 4 atom stereocenters. The van der Waals surface area contributed by atoms with Crippen LogP contribution in [0.1, 0.15) is 25.3 Å². The summed E-state index contributed by atoms with van der Waals surface area (Å²) in [5, 5.41) is 17.9. The van der Waals surface area contributed by atoms with Gasteiger partial charge in [-0.1, -0.05) is 0 Å². The maximum Gasteiger partial charge on any atom is 0.351 e. The lowest BCUT2D eigenvalue weighted by Crippen LogP contribution is -2.28. The number of aliphatic hydroxyl groups is 2. The molecule has 32 heavy (non-hydrogen) atoms. The predicted molar refractivity (Wildman–Crippen MR) is 115 cm³/mol. The number of H-pyrrole nitrogens is 1. The molecule has 2 aliphatic heterocycles. The first-order valence-corrected chi connectivity index (χ1v) is 10.9. The number of nitrogens with one attached hydrogen (secondary N) is 1. The van der Waals surface area contributed by atoms with Crippen molar-refractivity contribution in [3.63, 3.8) is 0 Å². The van der Waals surface area contributed by atoms with Gasteiger partial charge in [0.25, 0.3) is 5.56 Å². The van der Waals surface area contributed by atoms with E-state index in [0.29, 0.717) is 16.9 Å². The third-order valence-corrected chi connectivity index (χ3v) is 6.12. The Morgan fingerprint density at radius 3 is 2.69 bits per heavy atom. The van der Waals surface area contributed by atoms with E-state index in [1.807, 2.05) is 0 Å². The van der Waals surface area contributed by atoms with Crippen molar-refractivity contribution in [2.75, 3.05) is 24.7 Å². The maximum absolute atomic E-state index is 11.5. The molecular weight excluding hydrogens is 442 g/mol. The number of hydrogen-bond donors (Lipinski definition) is 4. The highest BCUT2D eigenvalue weighted by Crippen LogP contribution is 2.30. The van der Waals surface area contributed by atoms with Crippen LogP contribution in [-0.2, 0) is 9.47 Å². The number of anilines is 1. The van der Waals surface area contributed by atoms with Crippen LogP contribution in [0, 0.1) is 0 Å². The summed E-state index contributed by atoms with van der Waals surface area (Å²) < 4.78 is 14.1. The van der Waals surface area contributed by atoms with Gasteiger partial charge in [0, 0.05) is 11.9 Å². The zero-order valence-electron chi connectivity index (χ0n) is 16.9. The minimum absolute atomic E-state index is 0.0111. The molecule has 0 aromatic carbocycles. The number of ether oxygens (including phenoxy) is 2. The van der Waals surface area contributed by atoms with E-state index in [4.69, 9.17) is 25.4 Å². The number of thioether (sulfide) groups is 1. The zero-order valence-corrected chi connectivity index (χ0v) is 17.7. The molecule has 0 saturated carbocycles. The Balaban J connectivity index is 0.000000155. The van der Waals surface area contributed by atoms with Gasteiger partial charge in [-0.15, -0.1) is 11.8 Å². The summed E-state index contributed by atoms with van der Waals surface area (Å²) in [6.07, 6.45) is 5.32. The molecule has 0 amide bonds. The summed E-state index contributed by atoms with van der Waals surface area (Å²) in [6.45, 7) is -0.0462. The Labute approximate surface area is 185 Å². The fourth-order valence-corrected chi connectivity index (χ4v) is 4.36. The van der Waals surface area contributed by atoms with Gasteiger partial charge in [0.2, 0.25) is 0 Å². The van der Waals surface area contributed by atoms with Gasteiger partial charge in [0.05, 0.1) is 32.0 Å². The monoisotopic (exact) mass is 465 g/mol. The maximum atomic E-state index is 11.5. The number of hydrogen-bond acceptors (Lipinski definition) is 11. The number of aromatic amines is 1. The number of rotatable bonds is 4. The van der Waals surface area contributed by atoms with Gasteiger partial charge in [-0.25, -0.2) is 14.8 Å². The molecule has 3 aromatic heterocycles. The molecule has 5 N–H and O–H groups in total. The molecule has 0 unspecified atom stereocenters. The van der Waals surface area contributed by atoms with E-state index in [-0.39, 0.29) is 48.6 Å². The van der Waals surface area contributed by atoms with Crippen molar-refractivity contribution in [3.05, 3.63) is 45.8 Å². The predicted octanol–water partition coefficient (Wildman–Crippen LogP) is -0.805. The third-order valence-electron chi connectivity index (χ3n) is 5.01. The van der Waals surface area contributed by atoms with Crippen LogP contribution in [0.15, 0.2) is 34.5 Å². The number of imidazole rings is 1. The Bertz CT molecular complexity index is 1180. The van der Waals surface area contributed by atoms with Crippen molar-refractivity contribution >= 4 is 28.7 Å². The average molecular weight is 465 g/mol. The SMILES string of the molecule is Nc1ccn([C@@H]2CS[C@H](CO)O2)c(=O)n1.O=c1[nH]cnc2c1ncn2[C@H]1CC[C@@H](CO)O1. The van der Waals surface area contributed by atoms with Crippen LogP contribution in [0.2, 0.25) is 0 Å². The molecule has 172 valence electrons. The fraction of sp³-hybridized carbons (Fsp3) is 0.500.